The Morgan fingerprint density at radius 3 is 3.11 bits per heavy atom. The number of hydrogen-bond acceptors (Lipinski definition) is 4. The van der Waals surface area contributed by atoms with Crippen LogP contribution in [0.25, 0.3) is 0 Å². The van der Waals surface area contributed by atoms with Crippen LogP contribution in [0.1, 0.15) is 36.6 Å². The van der Waals surface area contributed by atoms with Crippen molar-refractivity contribution in [2.45, 2.75) is 38.3 Å². The zero-order valence-electron chi connectivity index (χ0n) is 11.4. The summed E-state index contributed by atoms with van der Waals surface area (Å²) in [7, 11) is 0. The van der Waals surface area contributed by atoms with Gasteiger partial charge in [0.05, 0.1) is 12.2 Å². The molecule has 2 heterocycles. The Hall–Kier alpha value is -0.860. The van der Waals surface area contributed by atoms with E-state index in [9.17, 15) is 5.11 Å². The highest BCUT2D eigenvalue weighted by Gasteiger charge is 2.28. The molecule has 1 aliphatic rings. The monoisotopic (exact) mass is 279 g/mol. The number of hydrogen-bond donors (Lipinski definition) is 2. The molecule has 0 aliphatic carbocycles. The van der Waals surface area contributed by atoms with Gasteiger partial charge in [-0.05, 0) is 37.8 Å². The van der Waals surface area contributed by atoms with Gasteiger partial charge in [-0.15, -0.1) is 11.3 Å². The lowest BCUT2D eigenvalue weighted by atomic mass is 9.95. The molecule has 4 heteroatoms. The van der Waals surface area contributed by atoms with Gasteiger partial charge in [-0.2, -0.15) is 0 Å². The molecule has 1 saturated heterocycles. The van der Waals surface area contributed by atoms with Crippen molar-refractivity contribution in [2.24, 2.45) is 0 Å². The van der Waals surface area contributed by atoms with Crippen LogP contribution in [0.2, 0.25) is 0 Å². The average molecular weight is 279 g/mol. The lowest BCUT2D eigenvalue weighted by Crippen LogP contribution is -2.45. The summed E-state index contributed by atoms with van der Waals surface area (Å²) >= 11 is 1.71. The number of aliphatic hydroxyl groups is 2. The summed E-state index contributed by atoms with van der Waals surface area (Å²) in [4.78, 5) is 3.55. The zero-order valence-corrected chi connectivity index (χ0v) is 12.2. The Bertz CT molecular complexity index is 470. The molecule has 1 aliphatic heterocycles. The summed E-state index contributed by atoms with van der Waals surface area (Å²) in [6.07, 6.45) is 2.45. The topological polar surface area (TPSA) is 43.7 Å². The maximum Gasteiger partial charge on any atom is 0.0746 e. The Morgan fingerprint density at radius 1 is 1.53 bits per heavy atom. The Kier molecular flexibility index (Phi) is 5.00. The fourth-order valence-electron chi connectivity index (χ4n) is 2.45. The Balaban J connectivity index is 2.00. The molecule has 1 aromatic rings. The van der Waals surface area contributed by atoms with E-state index >= 15 is 0 Å². The van der Waals surface area contributed by atoms with Crippen molar-refractivity contribution in [2.75, 3.05) is 19.7 Å². The van der Waals surface area contributed by atoms with E-state index in [0.717, 1.165) is 38.0 Å². The molecule has 2 N–H and O–H groups in total. The number of thiophene rings is 1. The lowest BCUT2D eigenvalue weighted by Gasteiger charge is -2.36. The van der Waals surface area contributed by atoms with Crippen molar-refractivity contribution in [3.63, 3.8) is 0 Å². The summed E-state index contributed by atoms with van der Waals surface area (Å²) < 4.78 is 0. The van der Waals surface area contributed by atoms with Crippen molar-refractivity contribution in [1.82, 2.24) is 4.90 Å². The highest BCUT2D eigenvalue weighted by Crippen LogP contribution is 2.24. The van der Waals surface area contributed by atoms with Crippen LogP contribution in [0.15, 0.2) is 11.4 Å². The predicted octanol–water partition coefficient (Wildman–Crippen LogP) is 1.83. The first-order valence-electron chi connectivity index (χ1n) is 6.71. The first-order valence-corrected chi connectivity index (χ1v) is 7.59. The maximum absolute atomic E-state index is 10.1. The molecule has 3 nitrogen and oxygen atoms in total. The normalized spacial score (nSPS) is 23.9. The fraction of sp³-hybridized carbons (Fsp3) is 0.600. The van der Waals surface area contributed by atoms with E-state index in [1.165, 1.54) is 4.88 Å². The second-order valence-corrected chi connectivity index (χ2v) is 6.34. The molecule has 0 aromatic carbocycles. The second kappa shape index (κ2) is 6.53. The van der Waals surface area contributed by atoms with Crippen molar-refractivity contribution >= 4 is 11.3 Å². The molecule has 19 heavy (non-hydrogen) atoms. The molecular weight excluding hydrogens is 258 g/mol. The number of β-amino-alcohol motifs (C(OH)–C–C–N with tert-alkyl or cyclic N) is 1. The third-order valence-corrected chi connectivity index (χ3v) is 4.23. The second-order valence-electron chi connectivity index (χ2n) is 5.34. The standard InChI is InChI=1S/C15H21NO2S/c1-15(18)7-4-8-16(12-15)11-14-13(6-10-19-14)5-2-3-9-17/h6,10,17-18H,3-4,7-9,11-12H2,1H3. The molecule has 0 spiro atoms. The minimum atomic E-state index is -0.557. The fourth-order valence-corrected chi connectivity index (χ4v) is 3.32. The molecule has 2 rings (SSSR count). The highest BCUT2D eigenvalue weighted by atomic mass is 32.1. The number of aliphatic hydroxyl groups excluding tert-OH is 1. The summed E-state index contributed by atoms with van der Waals surface area (Å²) in [5.41, 5.74) is 0.502. The van der Waals surface area contributed by atoms with E-state index in [1.54, 1.807) is 11.3 Å². The molecular formula is C15H21NO2S. The molecule has 1 aromatic heterocycles. The van der Waals surface area contributed by atoms with Crippen molar-refractivity contribution < 1.29 is 10.2 Å². The van der Waals surface area contributed by atoms with Gasteiger partial charge in [-0.3, -0.25) is 4.90 Å². The van der Waals surface area contributed by atoms with Gasteiger partial charge in [-0.1, -0.05) is 11.8 Å². The SMILES string of the molecule is CC1(O)CCCN(Cc2sccc2C#CCCO)C1. The van der Waals surface area contributed by atoms with Crippen LogP contribution in [0.4, 0.5) is 0 Å². The number of nitrogens with zero attached hydrogens (tertiary/aromatic N) is 1. The highest BCUT2D eigenvalue weighted by molar-refractivity contribution is 7.10. The molecule has 1 unspecified atom stereocenters. The van der Waals surface area contributed by atoms with Gasteiger partial charge in [0.25, 0.3) is 0 Å². The minimum absolute atomic E-state index is 0.113. The van der Waals surface area contributed by atoms with Gasteiger partial charge < -0.3 is 10.2 Å². The van der Waals surface area contributed by atoms with E-state index < -0.39 is 5.60 Å². The van der Waals surface area contributed by atoms with E-state index in [2.05, 4.69) is 22.1 Å². The van der Waals surface area contributed by atoms with Crippen LogP contribution < -0.4 is 0 Å². The van der Waals surface area contributed by atoms with Crippen molar-refractivity contribution in [3.05, 3.63) is 21.9 Å². The molecule has 0 radical (unpaired) electrons. The van der Waals surface area contributed by atoms with Crippen LogP contribution in [0.5, 0.6) is 0 Å². The summed E-state index contributed by atoms with van der Waals surface area (Å²) in [5, 5.41) is 20.9. The van der Waals surface area contributed by atoms with Crippen molar-refractivity contribution in [1.29, 1.82) is 0 Å². The zero-order chi connectivity index (χ0) is 13.7. The average Bonchev–Trinajstić information content (AvgIpc) is 2.76. The van der Waals surface area contributed by atoms with Crippen LogP contribution in [-0.2, 0) is 6.54 Å². The van der Waals surface area contributed by atoms with Crippen LogP contribution in [0.3, 0.4) is 0 Å². The smallest absolute Gasteiger partial charge is 0.0746 e. The third-order valence-electron chi connectivity index (χ3n) is 3.33. The lowest BCUT2D eigenvalue weighted by molar-refractivity contribution is -0.0178. The molecule has 0 amide bonds. The quantitative estimate of drug-likeness (QED) is 0.830. The minimum Gasteiger partial charge on any atom is -0.395 e. The van der Waals surface area contributed by atoms with Crippen molar-refractivity contribution in [3.8, 4) is 11.8 Å². The van der Waals surface area contributed by atoms with Gasteiger partial charge in [0.2, 0.25) is 0 Å². The van der Waals surface area contributed by atoms with Gasteiger partial charge in [-0.25, -0.2) is 0 Å². The number of likely N-dealkylation sites (tertiary alicyclic amines) is 1. The molecule has 104 valence electrons. The molecule has 0 bridgehead atoms. The van der Waals surface area contributed by atoms with Crippen LogP contribution >= 0.6 is 11.3 Å². The molecule has 1 atom stereocenters. The number of rotatable bonds is 3. The molecule has 1 fully saturated rings. The number of piperidine rings is 1. The predicted molar refractivity (Wildman–Crippen MR) is 78.0 cm³/mol. The van der Waals surface area contributed by atoms with E-state index in [0.29, 0.717) is 6.42 Å². The van der Waals surface area contributed by atoms with Gasteiger partial charge in [0.15, 0.2) is 0 Å². The maximum atomic E-state index is 10.1. The van der Waals surface area contributed by atoms with Gasteiger partial charge in [0, 0.05) is 30.0 Å². The first-order chi connectivity index (χ1) is 9.11. The summed E-state index contributed by atoms with van der Waals surface area (Å²) in [6.45, 7) is 4.65. The Morgan fingerprint density at radius 2 is 2.37 bits per heavy atom. The summed E-state index contributed by atoms with van der Waals surface area (Å²) in [6, 6.07) is 2.03. The van der Waals surface area contributed by atoms with Gasteiger partial charge in [0.1, 0.15) is 0 Å². The summed E-state index contributed by atoms with van der Waals surface area (Å²) in [5.74, 6) is 6.09. The van der Waals surface area contributed by atoms with E-state index in [-0.39, 0.29) is 6.61 Å². The van der Waals surface area contributed by atoms with E-state index in [1.807, 2.05) is 13.0 Å². The largest absolute Gasteiger partial charge is 0.395 e. The van der Waals surface area contributed by atoms with Gasteiger partial charge >= 0.3 is 0 Å². The first kappa shape index (κ1) is 14.5. The molecule has 0 saturated carbocycles. The third kappa shape index (κ3) is 4.32. The van der Waals surface area contributed by atoms with E-state index in [4.69, 9.17) is 5.11 Å². The van der Waals surface area contributed by atoms with Crippen LogP contribution in [-0.4, -0.2) is 40.4 Å². The van der Waals surface area contributed by atoms with Crippen LogP contribution in [0, 0.1) is 11.8 Å². The Labute approximate surface area is 118 Å².